The fourth-order valence-corrected chi connectivity index (χ4v) is 4.70. The standard InChI is InChI=1S/C26H31N7O3/c1-16(2)23-25(34)30-22-15-33(26(35)28-19-10-6-7-11-20(19)36-3)13-12-32(22)14-21-27-18-9-5-4-8-17(18)24(29-21)31-23/h4-11,16,22-23H,12-15H2,1-3H3,(H,28,35)(H,30,34)(H,27,29,31)/t22?,23-/m0/s1. The van der Waals surface area contributed by atoms with Crippen LogP contribution in [0.3, 0.4) is 0 Å². The van der Waals surface area contributed by atoms with E-state index in [1.165, 1.54) is 0 Å². The lowest BCUT2D eigenvalue weighted by atomic mass is 10.0. The van der Waals surface area contributed by atoms with Crippen molar-refractivity contribution in [1.29, 1.82) is 0 Å². The van der Waals surface area contributed by atoms with Crippen molar-refractivity contribution in [2.24, 2.45) is 5.92 Å². The number of carbonyl (C=O) groups is 2. The first kappa shape index (κ1) is 23.8. The largest absolute Gasteiger partial charge is 0.495 e. The molecule has 2 aromatic carbocycles. The van der Waals surface area contributed by atoms with Crippen molar-refractivity contribution in [3.63, 3.8) is 0 Å². The zero-order chi connectivity index (χ0) is 25.2. The molecule has 1 fully saturated rings. The molecule has 3 heterocycles. The van der Waals surface area contributed by atoms with E-state index in [1.807, 2.05) is 50.2 Å². The van der Waals surface area contributed by atoms with Gasteiger partial charge in [0.15, 0.2) is 0 Å². The van der Waals surface area contributed by atoms with Gasteiger partial charge in [-0.25, -0.2) is 14.8 Å². The van der Waals surface area contributed by atoms with Crippen molar-refractivity contribution in [3.05, 3.63) is 54.4 Å². The molecule has 10 heteroatoms. The molecule has 0 radical (unpaired) electrons. The normalized spacial score (nSPS) is 20.3. The van der Waals surface area contributed by atoms with Crippen molar-refractivity contribution in [3.8, 4) is 5.75 Å². The van der Waals surface area contributed by atoms with Crippen LogP contribution in [0.1, 0.15) is 19.7 Å². The molecule has 0 spiro atoms. The second-order valence-electron chi connectivity index (χ2n) is 9.44. The first-order valence-corrected chi connectivity index (χ1v) is 12.2. The molecule has 2 aliphatic heterocycles. The summed E-state index contributed by atoms with van der Waals surface area (Å²) in [5.41, 5.74) is 1.43. The minimum atomic E-state index is -0.492. The van der Waals surface area contributed by atoms with E-state index in [-0.39, 0.29) is 24.0 Å². The number of hydrogen-bond donors (Lipinski definition) is 3. The predicted molar refractivity (Wildman–Crippen MR) is 138 cm³/mol. The maximum absolute atomic E-state index is 13.4. The number of methoxy groups -OCH3 is 1. The van der Waals surface area contributed by atoms with Crippen LogP contribution < -0.4 is 20.7 Å². The van der Waals surface area contributed by atoms with Crippen molar-refractivity contribution < 1.29 is 14.3 Å². The van der Waals surface area contributed by atoms with Crippen LogP contribution >= 0.6 is 0 Å². The van der Waals surface area contributed by atoms with Gasteiger partial charge in [0.25, 0.3) is 0 Å². The third-order valence-corrected chi connectivity index (χ3v) is 6.67. The molecular formula is C26H31N7O3. The van der Waals surface area contributed by atoms with E-state index in [9.17, 15) is 9.59 Å². The van der Waals surface area contributed by atoms with Gasteiger partial charge in [-0.1, -0.05) is 38.1 Å². The van der Waals surface area contributed by atoms with Crippen LogP contribution in [0.5, 0.6) is 5.75 Å². The summed E-state index contributed by atoms with van der Waals surface area (Å²) in [7, 11) is 1.57. The lowest BCUT2D eigenvalue weighted by Crippen LogP contribution is -2.63. The van der Waals surface area contributed by atoms with Crippen LogP contribution in [0.2, 0.25) is 0 Å². The molecule has 2 atom stereocenters. The average Bonchev–Trinajstić information content (AvgIpc) is 2.87. The molecule has 0 saturated carbocycles. The lowest BCUT2D eigenvalue weighted by molar-refractivity contribution is -0.125. The second kappa shape index (κ2) is 9.98. The zero-order valence-electron chi connectivity index (χ0n) is 20.7. The summed E-state index contributed by atoms with van der Waals surface area (Å²) in [6, 6.07) is 14.4. The number of carbonyl (C=O) groups excluding carboxylic acids is 2. The van der Waals surface area contributed by atoms with Crippen LogP contribution in [-0.4, -0.2) is 70.7 Å². The molecule has 1 aromatic heterocycles. The van der Waals surface area contributed by atoms with Gasteiger partial charge in [0, 0.05) is 18.5 Å². The predicted octanol–water partition coefficient (Wildman–Crippen LogP) is 2.88. The highest BCUT2D eigenvalue weighted by atomic mass is 16.5. The molecule has 10 nitrogen and oxygen atoms in total. The monoisotopic (exact) mass is 489 g/mol. The first-order chi connectivity index (χ1) is 17.4. The molecule has 3 N–H and O–H groups in total. The highest BCUT2D eigenvalue weighted by Crippen LogP contribution is 2.26. The maximum atomic E-state index is 13.4. The number of benzene rings is 2. The van der Waals surface area contributed by atoms with E-state index < -0.39 is 6.04 Å². The van der Waals surface area contributed by atoms with Gasteiger partial charge in [-0.3, -0.25) is 9.69 Å². The fourth-order valence-electron chi connectivity index (χ4n) is 4.70. The molecule has 3 amide bonds. The summed E-state index contributed by atoms with van der Waals surface area (Å²) in [4.78, 5) is 40.0. The summed E-state index contributed by atoms with van der Waals surface area (Å²) in [5, 5.41) is 10.4. The van der Waals surface area contributed by atoms with Crippen LogP contribution in [0, 0.1) is 5.92 Å². The smallest absolute Gasteiger partial charge is 0.322 e. The molecule has 3 aromatic rings. The Kier molecular flexibility index (Phi) is 6.60. The molecule has 5 rings (SSSR count). The minimum absolute atomic E-state index is 0.0172. The van der Waals surface area contributed by atoms with Gasteiger partial charge in [-0.2, -0.15) is 0 Å². The number of anilines is 2. The van der Waals surface area contributed by atoms with Gasteiger partial charge >= 0.3 is 6.03 Å². The number of amides is 3. The number of piperazine rings is 1. The van der Waals surface area contributed by atoms with Crippen molar-refractivity contribution >= 4 is 34.3 Å². The topological polar surface area (TPSA) is 112 Å². The molecular weight excluding hydrogens is 458 g/mol. The Bertz CT molecular complexity index is 1280. The number of urea groups is 1. The Hall–Kier alpha value is -3.92. The van der Waals surface area contributed by atoms with Gasteiger partial charge in [0.2, 0.25) is 5.91 Å². The number of fused-ring (bicyclic) bond motifs is 5. The summed E-state index contributed by atoms with van der Waals surface area (Å²) in [6.07, 6.45) is -0.380. The Labute approximate surface area is 210 Å². The number of para-hydroxylation sites is 3. The zero-order valence-corrected chi connectivity index (χ0v) is 20.7. The van der Waals surface area contributed by atoms with E-state index >= 15 is 0 Å². The average molecular weight is 490 g/mol. The van der Waals surface area contributed by atoms with Gasteiger partial charge in [-0.15, -0.1) is 0 Å². The van der Waals surface area contributed by atoms with Gasteiger partial charge in [0.1, 0.15) is 29.6 Å². The fraction of sp³-hybridized carbons (Fsp3) is 0.385. The summed E-state index contributed by atoms with van der Waals surface area (Å²) in [6.45, 7) is 5.85. The summed E-state index contributed by atoms with van der Waals surface area (Å²) >= 11 is 0. The van der Waals surface area contributed by atoms with Gasteiger partial charge in [-0.05, 0) is 30.2 Å². The number of hydrogen-bond acceptors (Lipinski definition) is 7. The van der Waals surface area contributed by atoms with Gasteiger partial charge < -0.3 is 25.6 Å². The highest BCUT2D eigenvalue weighted by molar-refractivity contribution is 5.93. The Morgan fingerprint density at radius 3 is 2.67 bits per heavy atom. The third kappa shape index (κ3) is 4.76. The number of ether oxygens (including phenoxy) is 1. The van der Waals surface area contributed by atoms with E-state index in [0.717, 1.165) is 10.9 Å². The van der Waals surface area contributed by atoms with E-state index in [4.69, 9.17) is 14.7 Å². The molecule has 1 unspecified atom stereocenters. The van der Waals surface area contributed by atoms with Crippen LogP contribution in [0.25, 0.3) is 10.9 Å². The second-order valence-corrected chi connectivity index (χ2v) is 9.44. The van der Waals surface area contributed by atoms with Crippen molar-refractivity contribution in [2.45, 2.75) is 32.6 Å². The molecule has 1 saturated heterocycles. The minimum Gasteiger partial charge on any atom is -0.495 e. The highest BCUT2D eigenvalue weighted by Gasteiger charge is 2.35. The Morgan fingerprint density at radius 2 is 1.86 bits per heavy atom. The quantitative estimate of drug-likeness (QED) is 0.519. The molecule has 36 heavy (non-hydrogen) atoms. The molecule has 0 aliphatic carbocycles. The third-order valence-electron chi connectivity index (χ3n) is 6.67. The molecule has 2 bridgehead atoms. The Balaban J connectivity index is 1.42. The number of nitrogens with zero attached hydrogens (tertiary/aromatic N) is 4. The van der Waals surface area contributed by atoms with Crippen molar-refractivity contribution in [2.75, 3.05) is 37.4 Å². The van der Waals surface area contributed by atoms with Crippen LogP contribution in [0.4, 0.5) is 16.3 Å². The SMILES string of the molecule is COc1ccccc1NC(=O)N1CCN2Cc3nc(c4ccccc4n3)N[C@@H](C(C)C)C(=O)NC2C1. The van der Waals surface area contributed by atoms with E-state index in [1.54, 1.807) is 24.1 Å². The van der Waals surface area contributed by atoms with Crippen LogP contribution in [0.15, 0.2) is 48.5 Å². The lowest BCUT2D eigenvalue weighted by Gasteiger charge is -2.42. The summed E-state index contributed by atoms with van der Waals surface area (Å²) in [5.74, 6) is 1.82. The Morgan fingerprint density at radius 1 is 1.08 bits per heavy atom. The van der Waals surface area contributed by atoms with E-state index in [0.29, 0.717) is 49.3 Å². The van der Waals surface area contributed by atoms with Gasteiger partial charge in [0.05, 0.1) is 31.4 Å². The van der Waals surface area contributed by atoms with E-state index in [2.05, 4.69) is 20.9 Å². The first-order valence-electron chi connectivity index (χ1n) is 12.2. The maximum Gasteiger partial charge on any atom is 0.322 e. The summed E-state index contributed by atoms with van der Waals surface area (Å²) < 4.78 is 5.36. The number of aromatic nitrogens is 2. The number of rotatable bonds is 3. The van der Waals surface area contributed by atoms with Crippen LogP contribution in [-0.2, 0) is 11.3 Å². The molecule has 188 valence electrons. The number of nitrogens with one attached hydrogen (secondary N) is 3. The molecule has 2 aliphatic rings. The van der Waals surface area contributed by atoms with Crippen molar-refractivity contribution in [1.82, 2.24) is 25.1 Å².